The highest BCUT2D eigenvalue weighted by molar-refractivity contribution is 9.10. The number of fused-ring (bicyclic) bond motifs is 1. The fraction of sp³-hybridized carbons (Fsp3) is 0.100. The van der Waals surface area contributed by atoms with E-state index in [4.69, 9.17) is 0 Å². The first kappa shape index (κ1) is 18.5. The molecule has 4 aromatic rings. The van der Waals surface area contributed by atoms with Crippen LogP contribution in [0.5, 0.6) is 0 Å². The average molecular weight is 446 g/mol. The van der Waals surface area contributed by atoms with E-state index in [0.717, 1.165) is 0 Å². The summed E-state index contributed by atoms with van der Waals surface area (Å²) in [5.41, 5.74) is 1.17. The predicted molar refractivity (Wildman–Crippen MR) is 104 cm³/mol. The molecule has 0 bridgehead atoms. The SMILES string of the molecule is O=c1c2c(CO)c(-c3cccc(F)c3)nn2ccn1Cc1ccc(Br)cc1F. The van der Waals surface area contributed by atoms with E-state index in [2.05, 4.69) is 21.0 Å². The summed E-state index contributed by atoms with van der Waals surface area (Å²) < 4.78 is 31.0. The van der Waals surface area contributed by atoms with Gasteiger partial charge in [0.2, 0.25) is 0 Å². The van der Waals surface area contributed by atoms with Crippen molar-refractivity contribution in [2.45, 2.75) is 13.2 Å². The van der Waals surface area contributed by atoms with Gasteiger partial charge in [0.25, 0.3) is 5.56 Å². The molecule has 0 aliphatic heterocycles. The largest absolute Gasteiger partial charge is 0.392 e. The number of rotatable bonds is 4. The van der Waals surface area contributed by atoms with Crippen molar-refractivity contribution in [3.63, 3.8) is 0 Å². The van der Waals surface area contributed by atoms with E-state index < -0.39 is 23.8 Å². The van der Waals surface area contributed by atoms with E-state index in [-0.39, 0.29) is 12.1 Å². The fourth-order valence-electron chi connectivity index (χ4n) is 3.13. The van der Waals surface area contributed by atoms with Crippen molar-refractivity contribution >= 4 is 21.4 Å². The molecule has 0 saturated heterocycles. The van der Waals surface area contributed by atoms with E-state index in [1.54, 1.807) is 24.4 Å². The highest BCUT2D eigenvalue weighted by Gasteiger charge is 2.18. The quantitative estimate of drug-likeness (QED) is 0.520. The van der Waals surface area contributed by atoms with Crippen molar-refractivity contribution in [1.29, 1.82) is 0 Å². The van der Waals surface area contributed by atoms with Crippen LogP contribution in [-0.4, -0.2) is 19.3 Å². The lowest BCUT2D eigenvalue weighted by Gasteiger charge is -2.08. The second-order valence-corrected chi connectivity index (χ2v) is 7.17. The van der Waals surface area contributed by atoms with Gasteiger partial charge in [-0.1, -0.05) is 34.1 Å². The van der Waals surface area contributed by atoms with Crippen LogP contribution < -0.4 is 5.56 Å². The van der Waals surface area contributed by atoms with Crippen LogP contribution in [0.4, 0.5) is 8.78 Å². The molecule has 0 amide bonds. The molecule has 1 N–H and O–H groups in total. The molecule has 4 rings (SSSR count). The van der Waals surface area contributed by atoms with Crippen LogP contribution in [0, 0.1) is 11.6 Å². The number of hydrogen-bond donors (Lipinski definition) is 1. The highest BCUT2D eigenvalue weighted by atomic mass is 79.9. The normalized spacial score (nSPS) is 11.3. The molecule has 0 atom stereocenters. The molecule has 0 radical (unpaired) electrons. The minimum atomic E-state index is -0.443. The zero-order valence-electron chi connectivity index (χ0n) is 14.4. The van der Waals surface area contributed by atoms with Crippen LogP contribution in [0.25, 0.3) is 16.8 Å². The first-order valence-electron chi connectivity index (χ1n) is 8.39. The first-order chi connectivity index (χ1) is 13.5. The number of aromatic nitrogens is 3. The lowest BCUT2D eigenvalue weighted by atomic mass is 10.1. The van der Waals surface area contributed by atoms with Gasteiger partial charge in [0, 0.05) is 33.6 Å². The molecule has 8 heteroatoms. The third-order valence-electron chi connectivity index (χ3n) is 4.47. The second kappa shape index (κ2) is 7.29. The summed E-state index contributed by atoms with van der Waals surface area (Å²) in [5.74, 6) is -0.876. The summed E-state index contributed by atoms with van der Waals surface area (Å²) >= 11 is 3.20. The molecule has 0 aliphatic rings. The molecular formula is C20H14BrF2N3O2. The molecule has 0 fully saturated rings. The molecule has 0 aliphatic carbocycles. The molecule has 0 unspecified atom stereocenters. The number of benzene rings is 2. The molecule has 0 spiro atoms. The van der Waals surface area contributed by atoms with E-state index in [1.165, 1.54) is 39.5 Å². The van der Waals surface area contributed by atoms with Crippen molar-refractivity contribution in [2.75, 3.05) is 0 Å². The Bertz CT molecular complexity index is 1250. The van der Waals surface area contributed by atoms with Crippen molar-refractivity contribution in [3.05, 3.63) is 92.4 Å². The maximum Gasteiger partial charge on any atom is 0.277 e. The Morgan fingerprint density at radius 2 is 1.93 bits per heavy atom. The van der Waals surface area contributed by atoms with Gasteiger partial charge in [-0.25, -0.2) is 13.3 Å². The summed E-state index contributed by atoms with van der Waals surface area (Å²) in [7, 11) is 0. The minimum Gasteiger partial charge on any atom is -0.392 e. The van der Waals surface area contributed by atoms with Crippen LogP contribution >= 0.6 is 15.9 Å². The topological polar surface area (TPSA) is 59.5 Å². The van der Waals surface area contributed by atoms with E-state index in [0.29, 0.717) is 26.9 Å². The van der Waals surface area contributed by atoms with Gasteiger partial charge in [-0.15, -0.1) is 0 Å². The number of aliphatic hydroxyl groups excluding tert-OH is 1. The van der Waals surface area contributed by atoms with Gasteiger partial charge in [-0.05, 0) is 24.3 Å². The van der Waals surface area contributed by atoms with E-state index in [1.807, 2.05) is 0 Å². The highest BCUT2D eigenvalue weighted by Crippen LogP contribution is 2.25. The summed E-state index contributed by atoms with van der Waals surface area (Å²) in [4.78, 5) is 13.0. The average Bonchev–Trinajstić information content (AvgIpc) is 3.05. The monoisotopic (exact) mass is 445 g/mol. The third-order valence-corrected chi connectivity index (χ3v) is 4.97. The summed E-state index contributed by atoms with van der Waals surface area (Å²) in [5, 5.41) is 14.2. The first-order valence-corrected chi connectivity index (χ1v) is 9.18. The molecule has 0 saturated carbocycles. The summed E-state index contributed by atoms with van der Waals surface area (Å²) in [6.45, 7) is -0.416. The number of nitrogens with zero attached hydrogens (tertiary/aromatic N) is 3. The Hall–Kier alpha value is -2.84. The fourth-order valence-corrected chi connectivity index (χ4v) is 3.46. The van der Waals surface area contributed by atoms with Crippen molar-refractivity contribution in [2.24, 2.45) is 0 Å². The predicted octanol–water partition coefficient (Wildman–Crippen LogP) is 3.74. The molecule has 142 valence electrons. The summed E-state index contributed by atoms with van der Waals surface area (Å²) in [6, 6.07) is 10.4. The van der Waals surface area contributed by atoms with Crippen LogP contribution in [0.15, 0.2) is 64.1 Å². The maximum absolute atomic E-state index is 14.2. The Balaban J connectivity index is 1.86. The Morgan fingerprint density at radius 3 is 2.64 bits per heavy atom. The third kappa shape index (κ3) is 3.25. The smallest absolute Gasteiger partial charge is 0.277 e. The standard InChI is InChI=1S/C20H14BrF2N3O2/c21-14-5-4-13(17(23)9-14)10-25-6-7-26-19(20(25)28)16(11-27)18(24-26)12-2-1-3-15(22)8-12/h1-9,27H,10-11H2. The van der Waals surface area contributed by atoms with Gasteiger partial charge < -0.3 is 9.67 Å². The molecule has 2 heterocycles. The molecular weight excluding hydrogens is 432 g/mol. The lowest BCUT2D eigenvalue weighted by molar-refractivity contribution is 0.283. The number of aliphatic hydroxyl groups is 1. The molecule has 2 aromatic heterocycles. The maximum atomic E-state index is 14.2. The van der Waals surface area contributed by atoms with Gasteiger partial charge in [0.05, 0.1) is 18.8 Å². The van der Waals surface area contributed by atoms with Crippen LogP contribution in [0.2, 0.25) is 0 Å². The Morgan fingerprint density at radius 1 is 1.11 bits per heavy atom. The van der Waals surface area contributed by atoms with Gasteiger partial charge >= 0.3 is 0 Å². The number of halogens is 3. The zero-order chi connectivity index (χ0) is 19.8. The van der Waals surface area contributed by atoms with Gasteiger partial charge in [-0.2, -0.15) is 5.10 Å². The summed E-state index contributed by atoms with van der Waals surface area (Å²) in [6.07, 6.45) is 3.05. The van der Waals surface area contributed by atoms with E-state index >= 15 is 0 Å². The molecule has 28 heavy (non-hydrogen) atoms. The minimum absolute atomic E-state index is 0.0276. The van der Waals surface area contributed by atoms with Crippen molar-refractivity contribution in [1.82, 2.24) is 14.2 Å². The number of hydrogen-bond acceptors (Lipinski definition) is 3. The molecule has 5 nitrogen and oxygen atoms in total. The Kier molecular flexibility index (Phi) is 4.82. The molecule has 2 aromatic carbocycles. The second-order valence-electron chi connectivity index (χ2n) is 6.26. The van der Waals surface area contributed by atoms with E-state index in [9.17, 15) is 18.7 Å². The van der Waals surface area contributed by atoms with Gasteiger partial charge in [0.1, 0.15) is 17.2 Å². The lowest BCUT2D eigenvalue weighted by Crippen LogP contribution is -2.23. The van der Waals surface area contributed by atoms with Crippen molar-refractivity contribution in [3.8, 4) is 11.3 Å². The van der Waals surface area contributed by atoms with Gasteiger partial charge in [-0.3, -0.25) is 4.79 Å². The van der Waals surface area contributed by atoms with Crippen LogP contribution in [0.3, 0.4) is 0 Å². The van der Waals surface area contributed by atoms with Crippen molar-refractivity contribution < 1.29 is 13.9 Å². The zero-order valence-corrected chi connectivity index (χ0v) is 16.0. The van der Waals surface area contributed by atoms with Gasteiger partial charge in [0.15, 0.2) is 0 Å². The van der Waals surface area contributed by atoms with Crippen LogP contribution in [-0.2, 0) is 13.2 Å². The van der Waals surface area contributed by atoms with Crippen LogP contribution in [0.1, 0.15) is 11.1 Å². The Labute approximate surface area is 166 Å².